The summed E-state index contributed by atoms with van der Waals surface area (Å²) < 4.78 is 24.8. The second-order valence-electron chi connectivity index (χ2n) is 13.8. The van der Waals surface area contributed by atoms with Crippen LogP contribution in [0, 0.1) is 5.82 Å². The van der Waals surface area contributed by atoms with Gasteiger partial charge in [0.25, 0.3) is 0 Å². The third kappa shape index (κ3) is 8.75. The largest absolute Gasteiger partial charge is 0.388 e. The molecule has 0 aromatic heterocycles. The van der Waals surface area contributed by atoms with Crippen LogP contribution in [0.1, 0.15) is 103 Å². The van der Waals surface area contributed by atoms with Crippen LogP contribution in [0.3, 0.4) is 0 Å². The number of anilines is 1. The van der Waals surface area contributed by atoms with Crippen molar-refractivity contribution < 1.29 is 39.1 Å². The molecule has 56 heavy (non-hydrogen) atoms. The topological polar surface area (TPSA) is 172 Å². The van der Waals surface area contributed by atoms with E-state index in [9.17, 15) is 29.6 Å². The summed E-state index contributed by atoms with van der Waals surface area (Å²) in [6.45, 7) is 14.6. The highest BCUT2D eigenvalue weighted by molar-refractivity contribution is 6.09. The molecule has 2 saturated heterocycles. The molecule has 11 heteroatoms. The molecule has 8 unspecified atom stereocenters. The third-order valence-corrected chi connectivity index (χ3v) is 10.5. The van der Waals surface area contributed by atoms with Crippen molar-refractivity contribution in [2.75, 3.05) is 18.6 Å². The van der Waals surface area contributed by atoms with Gasteiger partial charge in [-0.25, -0.2) is 4.39 Å². The SMILES string of the molecule is CC.CC.CC.COCC1OC(c2cccc(-c3ccc(C4N(c5ccccc5)C(=O)C4(N)CCC(O)c4ccc(F)cc4)cc3)c2)C(C)(O)C(N)(O)C1(C)O. The van der Waals surface area contributed by atoms with Gasteiger partial charge in [-0.15, -0.1) is 0 Å². The summed E-state index contributed by atoms with van der Waals surface area (Å²) in [6.07, 6.45) is -2.69. The molecular weight excluding hydrogens is 714 g/mol. The average molecular weight is 776 g/mol. The van der Waals surface area contributed by atoms with Gasteiger partial charge in [0.1, 0.15) is 34.8 Å². The van der Waals surface area contributed by atoms with Crippen LogP contribution in [0.25, 0.3) is 11.1 Å². The van der Waals surface area contributed by atoms with Gasteiger partial charge in [0.2, 0.25) is 5.91 Å². The van der Waals surface area contributed by atoms with Gasteiger partial charge in [0, 0.05) is 12.8 Å². The van der Waals surface area contributed by atoms with Crippen LogP contribution in [-0.2, 0) is 14.3 Å². The number of ether oxygens (including phenoxy) is 2. The van der Waals surface area contributed by atoms with Gasteiger partial charge >= 0.3 is 0 Å². The van der Waals surface area contributed by atoms with E-state index in [1.165, 1.54) is 45.2 Å². The fraction of sp³-hybridized carbons (Fsp3) is 0.444. The highest BCUT2D eigenvalue weighted by Crippen LogP contribution is 2.50. The van der Waals surface area contributed by atoms with E-state index in [-0.39, 0.29) is 25.4 Å². The third-order valence-electron chi connectivity index (χ3n) is 10.5. The Morgan fingerprint density at radius 1 is 0.786 bits per heavy atom. The van der Waals surface area contributed by atoms with Gasteiger partial charge < -0.3 is 40.5 Å². The Bertz CT molecular complexity index is 1820. The van der Waals surface area contributed by atoms with Crippen molar-refractivity contribution in [3.05, 3.63) is 126 Å². The first-order valence-electron chi connectivity index (χ1n) is 19.6. The van der Waals surface area contributed by atoms with E-state index in [1.807, 2.05) is 108 Å². The first-order chi connectivity index (χ1) is 26.6. The predicted molar refractivity (Wildman–Crippen MR) is 220 cm³/mol. The molecule has 0 bridgehead atoms. The molecule has 2 heterocycles. The van der Waals surface area contributed by atoms with Crippen molar-refractivity contribution in [3.8, 4) is 11.1 Å². The molecule has 0 aliphatic carbocycles. The molecule has 0 saturated carbocycles. The van der Waals surface area contributed by atoms with E-state index in [2.05, 4.69) is 0 Å². The number of aliphatic hydroxyl groups is 4. The number of rotatable bonds is 10. The number of nitrogens with two attached hydrogens (primary N) is 2. The molecule has 4 aromatic carbocycles. The minimum Gasteiger partial charge on any atom is -0.388 e. The number of carbonyl (C=O) groups is 1. The van der Waals surface area contributed by atoms with E-state index in [0.717, 1.165) is 16.7 Å². The number of carbonyl (C=O) groups excluding carboxylic acids is 1. The Kier molecular flexibility index (Phi) is 16.1. The quantitative estimate of drug-likeness (QED) is 0.0726. The van der Waals surface area contributed by atoms with Gasteiger partial charge in [0.05, 0.1) is 18.8 Å². The molecule has 1 amide bonds. The van der Waals surface area contributed by atoms with Gasteiger partial charge in [0.15, 0.2) is 5.72 Å². The van der Waals surface area contributed by atoms with Crippen LogP contribution in [0.15, 0.2) is 103 Å². The molecule has 2 aliphatic heterocycles. The molecule has 2 aliphatic rings. The van der Waals surface area contributed by atoms with Crippen molar-refractivity contribution in [1.29, 1.82) is 0 Å². The standard InChI is InChI=1S/C39H44FN3O7.3C2H6/c1-36(46)32(23-49-3)50-34(37(2,47)39(36,42)48)28-9-7-8-27(22-28)24-12-14-26(15-13-24)33-38(41,35(45)43(33)30-10-5-4-6-11-30)21-20-31(44)25-16-18-29(40)19-17-25;3*1-2/h4-19,22,31-34,44,46-48H,20-21,23,41-42H2,1-3H3;3*1-2H3. The molecule has 306 valence electrons. The highest BCUT2D eigenvalue weighted by atomic mass is 19.1. The monoisotopic (exact) mass is 775 g/mol. The van der Waals surface area contributed by atoms with Crippen molar-refractivity contribution in [1.82, 2.24) is 0 Å². The van der Waals surface area contributed by atoms with E-state index >= 15 is 0 Å². The second-order valence-corrected chi connectivity index (χ2v) is 13.8. The molecule has 8 N–H and O–H groups in total. The number of para-hydroxylation sites is 1. The Labute approximate surface area is 331 Å². The Balaban J connectivity index is 0.00000134. The molecular formula is C45H62FN3O7. The lowest BCUT2D eigenvalue weighted by molar-refractivity contribution is -0.351. The minimum absolute atomic E-state index is 0.0717. The van der Waals surface area contributed by atoms with Gasteiger partial charge in [-0.3, -0.25) is 10.5 Å². The van der Waals surface area contributed by atoms with Crippen LogP contribution in [0.4, 0.5) is 10.1 Å². The van der Waals surface area contributed by atoms with Gasteiger partial charge in [-0.05, 0) is 84.8 Å². The summed E-state index contributed by atoms with van der Waals surface area (Å²) in [6, 6.07) is 29.2. The zero-order valence-electron chi connectivity index (χ0n) is 34.2. The number of amides is 1. The summed E-state index contributed by atoms with van der Waals surface area (Å²) in [5.74, 6) is -0.664. The van der Waals surface area contributed by atoms with Crippen molar-refractivity contribution in [2.24, 2.45) is 11.5 Å². The van der Waals surface area contributed by atoms with E-state index < -0.39 is 52.6 Å². The summed E-state index contributed by atoms with van der Waals surface area (Å²) in [5.41, 5.74) is 9.40. The average Bonchev–Trinajstić information content (AvgIpc) is 3.22. The predicted octanol–water partition coefficient (Wildman–Crippen LogP) is 7.11. The number of nitrogens with zero attached hydrogens (tertiary/aromatic N) is 1. The molecule has 2 fully saturated rings. The van der Waals surface area contributed by atoms with Gasteiger partial charge in [-0.1, -0.05) is 114 Å². The number of benzene rings is 4. The maximum atomic E-state index is 13.7. The first kappa shape index (κ1) is 46.3. The van der Waals surface area contributed by atoms with Gasteiger partial charge in [-0.2, -0.15) is 0 Å². The number of methoxy groups -OCH3 is 1. The fourth-order valence-electron chi connectivity index (χ4n) is 7.28. The lowest BCUT2D eigenvalue weighted by Gasteiger charge is -2.57. The number of β-lactam (4-membered cyclic amide) rings is 1. The maximum Gasteiger partial charge on any atom is 0.250 e. The normalized spacial score (nSPS) is 28.6. The van der Waals surface area contributed by atoms with Crippen molar-refractivity contribution in [2.45, 2.75) is 115 Å². The highest BCUT2D eigenvalue weighted by Gasteiger charge is 2.67. The summed E-state index contributed by atoms with van der Waals surface area (Å²) in [5, 5.41) is 44.7. The first-order valence-corrected chi connectivity index (χ1v) is 19.6. The molecule has 0 spiro atoms. The molecule has 4 aromatic rings. The van der Waals surface area contributed by atoms with Crippen LogP contribution in [-0.4, -0.2) is 68.6 Å². The molecule has 10 nitrogen and oxygen atoms in total. The van der Waals surface area contributed by atoms with E-state index in [0.29, 0.717) is 16.8 Å². The number of hydrogen-bond donors (Lipinski definition) is 6. The Morgan fingerprint density at radius 2 is 1.38 bits per heavy atom. The molecule has 6 rings (SSSR count). The maximum absolute atomic E-state index is 13.7. The summed E-state index contributed by atoms with van der Waals surface area (Å²) in [7, 11) is 1.44. The Morgan fingerprint density at radius 3 is 1.95 bits per heavy atom. The fourth-order valence-corrected chi connectivity index (χ4v) is 7.28. The Hall–Kier alpha value is -4.04. The van der Waals surface area contributed by atoms with Crippen LogP contribution >= 0.6 is 0 Å². The zero-order valence-corrected chi connectivity index (χ0v) is 34.2. The number of aliphatic hydroxyl groups excluding tert-OH is 1. The minimum atomic E-state index is -2.45. The van der Waals surface area contributed by atoms with Crippen molar-refractivity contribution in [3.63, 3.8) is 0 Å². The van der Waals surface area contributed by atoms with Crippen LogP contribution in [0.5, 0.6) is 0 Å². The summed E-state index contributed by atoms with van der Waals surface area (Å²) in [4.78, 5) is 15.4. The lowest BCUT2D eigenvalue weighted by atomic mass is 9.69. The van der Waals surface area contributed by atoms with Crippen LogP contribution < -0.4 is 16.4 Å². The van der Waals surface area contributed by atoms with Crippen LogP contribution in [0.2, 0.25) is 0 Å². The number of hydrogen-bond acceptors (Lipinski definition) is 9. The smallest absolute Gasteiger partial charge is 0.250 e. The molecule has 0 radical (unpaired) electrons. The molecule has 8 atom stereocenters. The second kappa shape index (κ2) is 19.4. The zero-order chi connectivity index (χ0) is 42.1. The summed E-state index contributed by atoms with van der Waals surface area (Å²) >= 11 is 0. The lowest BCUT2D eigenvalue weighted by Crippen LogP contribution is -2.80. The van der Waals surface area contributed by atoms with E-state index in [1.54, 1.807) is 17.0 Å². The number of halogens is 1. The van der Waals surface area contributed by atoms with E-state index in [4.69, 9.17) is 20.9 Å². The van der Waals surface area contributed by atoms with Crippen molar-refractivity contribution >= 4 is 11.6 Å².